The largest absolute Gasteiger partial charge is 0.756 e. The van der Waals surface area contributed by atoms with E-state index in [2.05, 4.69) is 40.3 Å². The summed E-state index contributed by atoms with van der Waals surface area (Å²) in [6.07, 6.45) is 18.8. The zero-order valence-electron chi connectivity index (χ0n) is 30.0. The van der Waals surface area contributed by atoms with Gasteiger partial charge in [-0.15, -0.1) is 0 Å². The highest BCUT2D eigenvalue weighted by Gasteiger charge is 2.16. The summed E-state index contributed by atoms with van der Waals surface area (Å²) in [5.74, 6) is -0.565. The lowest BCUT2D eigenvalue weighted by Crippen LogP contribution is -2.37. The number of hydrogen-bond donors (Lipinski definition) is 1. The van der Waals surface area contributed by atoms with Crippen molar-refractivity contribution in [1.82, 2.24) is 0 Å². The van der Waals surface area contributed by atoms with E-state index in [0.717, 1.165) is 44.9 Å². The van der Waals surface area contributed by atoms with E-state index in [9.17, 15) is 19.4 Å². The van der Waals surface area contributed by atoms with E-state index in [4.69, 9.17) is 17.1 Å². The zero-order chi connectivity index (χ0) is 33.9. The number of likely N-dealkylation sites (N-methyl/N-ethyl adjacent to an activating group) is 1. The Balaban J connectivity index is 4.22. The van der Waals surface area contributed by atoms with Crippen LogP contribution in [0.3, 0.4) is 0 Å². The molecule has 0 spiro atoms. The number of allylic oxidation sites excluding steroid dienone is 4. The van der Waals surface area contributed by atoms with Crippen LogP contribution in [0, 0.1) is 0 Å². The van der Waals surface area contributed by atoms with Crippen LogP contribution in [0.2, 0.25) is 0 Å². The Kier molecular flexibility index (Phi) is 12.6. The Bertz CT molecular complexity index is 874. The van der Waals surface area contributed by atoms with Gasteiger partial charge in [0.25, 0.3) is 7.82 Å². The fraction of sp³-hybridized carbons (Fsp3) is 0.808. The molecule has 1 unspecified atom stereocenters. The predicted molar refractivity (Wildman–Crippen MR) is 139 cm³/mol. The molecule has 8 nitrogen and oxygen atoms in total. The van der Waals surface area contributed by atoms with Crippen LogP contribution in [0.4, 0.5) is 0 Å². The average molecular weight is 529 g/mol. The third-order valence-corrected chi connectivity index (χ3v) is 5.83. The van der Waals surface area contributed by atoms with E-state index >= 15 is 0 Å². The summed E-state index contributed by atoms with van der Waals surface area (Å²) in [6.45, 7) is -12.3. The van der Waals surface area contributed by atoms with Gasteiger partial charge < -0.3 is 28.3 Å². The van der Waals surface area contributed by atoms with Crippen molar-refractivity contribution in [2.45, 2.75) is 90.1 Å². The lowest BCUT2D eigenvalue weighted by molar-refractivity contribution is -0.870. The van der Waals surface area contributed by atoms with Crippen LogP contribution in [-0.2, 0) is 23.1 Å². The van der Waals surface area contributed by atoms with Crippen LogP contribution in [0.5, 0.6) is 0 Å². The number of aliphatic hydroxyl groups is 1. The van der Waals surface area contributed by atoms with Crippen molar-refractivity contribution in [3.63, 3.8) is 0 Å². The molecule has 0 radical (unpaired) electrons. The number of quaternary nitrogens is 1. The molecule has 0 aliphatic heterocycles. The Labute approximate surface area is 226 Å². The molecule has 0 saturated carbocycles. The standard InChI is InChI=1S/C26H50NO7P/c1-5-6-7-8-9-10-11-12-13-14-15-16-17-18-19-20-26(29)32-23-25(28)24-34-35(30,31)33-22-21-27(2,3)4/h9-10,12-13,25,28H,5-8,11,14-24H2,1-4H3/b10-9-,13-12-/t25-/m1/s1/i2D3,3D3,4D3. The fourth-order valence-corrected chi connectivity index (χ4v) is 3.63. The van der Waals surface area contributed by atoms with Gasteiger partial charge in [-0.25, -0.2) is 0 Å². The molecule has 0 aromatic rings. The average Bonchev–Trinajstić information content (AvgIpc) is 2.88. The summed E-state index contributed by atoms with van der Waals surface area (Å²) in [5, 5.41) is 9.89. The molecule has 0 saturated heterocycles. The van der Waals surface area contributed by atoms with Crippen molar-refractivity contribution >= 4 is 13.8 Å². The van der Waals surface area contributed by atoms with E-state index < -0.39 is 71.7 Å². The molecule has 1 N–H and O–H groups in total. The first kappa shape index (κ1) is 21.0. The summed E-state index contributed by atoms with van der Waals surface area (Å²) in [7, 11) is -5.20. The van der Waals surface area contributed by atoms with Crippen molar-refractivity contribution in [1.29, 1.82) is 0 Å². The Hall–Kier alpha value is -1.02. The highest BCUT2D eigenvalue weighted by molar-refractivity contribution is 7.45. The molecule has 0 fully saturated rings. The van der Waals surface area contributed by atoms with Gasteiger partial charge in [0.05, 0.1) is 39.9 Å². The van der Waals surface area contributed by atoms with Crippen LogP contribution in [0.25, 0.3) is 0 Å². The number of unbranched alkanes of at least 4 members (excludes halogenated alkanes) is 8. The summed E-state index contributed by atoms with van der Waals surface area (Å²) in [4.78, 5) is 23.9. The van der Waals surface area contributed by atoms with Crippen LogP contribution in [0.1, 0.15) is 96.3 Å². The van der Waals surface area contributed by atoms with E-state index in [1.54, 1.807) is 0 Å². The van der Waals surface area contributed by atoms with Crippen LogP contribution in [0.15, 0.2) is 24.3 Å². The van der Waals surface area contributed by atoms with Gasteiger partial charge in [0, 0.05) is 6.42 Å². The van der Waals surface area contributed by atoms with E-state index in [-0.39, 0.29) is 6.42 Å². The Morgan fingerprint density at radius 3 is 2.26 bits per heavy atom. The zero-order valence-corrected chi connectivity index (χ0v) is 21.9. The SMILES string of the molecule is [2H]C([2H])([2H])[N+](CCOP(=O)([O-])OC[C@H](O)COC(=O)CCCCCCC/C=C\C/C=C\CCCCC)(C([2H])([2H])[2H])C([2H])([2H])[2H]. The molecular weight excluding hydrogens is 469 g/mol. The normalized spacial score (nSPS) is 19.9. The fourth-order valence-electron chi connectivity index (χ4n) is 2.89. The summed E-state index contributed by atoms with van der Waals surface area (Å²) >= 11 is 0. The van der Waals surface area contributed by atoms with Gasteiger partial charge in [0.2, 0.25) is 0 Å². The highest BCUT2D eigenvalue weighted by Crippen LogP contribution is 2.38. The quantitative estimate of drug-likeness (QED) is 0.0660. The second-order valence-electron chi connectivity index (χ2n) is 8.43. The maximum atomic E-state index is 12.0. The van der Waals surface area contributed by atoms with Crippen molar-refractivity contribution < 1.29 is 50.0 Å². The van der Waals surface area contributed by atoms with E-state index in [1.807, 2.05) is 0 Å². The van der Waals surface area contributed by atoms with Crippen molar-refractivity contribution in [2.24, 2.45) is 0 Å². The molecule has 0 aromatic carbocycles. The lowest BCUT2D eigenvalue weighted by Gasteiger charge is -2.27. The van der Waals surface area contributed by atoms with Gasteiger partial charge >= 0.3 is 5.97 Å². The topological polar surface area (TPSA) is 105 Å². The maximum Gasteiger partial charge on any atom is 0.305 e. The van der Waals surface area contributed by atoms with Crippen molar-refractivity contribution in [3.05, 3.63) is 24.3 Å². The number of nitrogens with zero attached hydrogens (tertiary/aromatic N) is 1. The minimum atomic E-state index is -5.20. The van der Waals surface area contributed by atoms with E-state index in [0.29, 0.717) is 6.42 Å². The number of carbonyl (C=O) groups is 1. The van der Waals surface area contributed by atoms with Crippen LogP contribution >= 0.6 is 7.82 Å². The molecule has 0 heterocycles. The van der Waals surface area contributed by atoms with Gasteiger partial charge in [0.15, 0.2) is 0 Å². The monoisotopic (exact) mass is 528 g/mol. The number of phosphoric ester groups is 1. The molecule has 0 aromatic heterocycles. The molecule has 0 aliphatic carbocycles. The molecule has 35 heavy (non-hydrogen) atoms. The predicted octanol–water partition coefficient (Wildman–Crippen LogP) is 4.91. The number of carbonyl (C=O) groups excluding carboxylic acids is 1. The van der Waals surface area contributed by atoms with Gasteiger partial charge in [-0.1, -0.05) is 63.3 Å². The minimum absolute atomic E-state index is 0.137. The lowest BCUT2D eigenvalue weighted by atomic mass is 10.1. The molecule has 206 valence electrons. The molecule has 9 heteroatoms. The van der Waals surface area contributed by atoms with Gasteiger partial charge in [0.1, 0.15) is 25.9 Å². The van der Waals surface area contributed by atoms with Crippen molar-refractivity contribution in [2.75, 3.05) is 47.3 Å². The smallest absolute Gasteiger partial charge is 0.305 e. The highest BCUT2D eigenvalue weighted by atomic mass is 31.2. The second kappa shape index (κ2) is 21.1. The number of phosphoric acid groups is 1. The van der Waals surface area contributed by atoms with Gasteiger partial charge in [-0.2, -0.15) is 0 Å². The number of esters is 1. The molecule has 0 rings (SSSR count). The van der Waals surface area contributed by atoms with E-state index in [1.165, 1.54) is 19.3 Å². The first-order valence-corrected chi connectivity index (χ1v) is 13.9. The van der Waals surface area contributed by atoms with Crippen LogP contribution in [-0.4, -0.2) is 69.0 Å². The first-order valence-electron chi connectivity index (χ1n) is 16.9. The summed E-state index contributed by atoms with van der Waals surface area (Å²) in [6, 6.07) is 0. The Morgan fingerprint density at radius 1 is 0.971 bits per heavy atom. The van der Waals surface area contributed by atoms with Crippen molar-refractivity contribution in [3.8, 4) is 0 Å². The molecule has 0 bridgehead atoms. The second-order valence-corrected chi connectivity index (χ2v) is 9.84. The maximum absolute atomic E-state index is 12.0. The third kappa shape index (κ3) is 25.9. The molecule has 2 atom stereocenters. The van der Waals surface area contributed by atoms with Crippen LogP contribution < -0.4 is 4.89 Å². The molecule has 0 aliphatic rings. The minimum Gasteiger partial charge on any atom is -0.756 e. The number of hydrogen-bond acceptors (Lipinski definition) is 7. The van der Waals surface area contributed by atoms with Gasteiger partial charge in [-0.05, 0) is 38.5 Å². The summed E-state index contributed by atoms with van der Waals surface area (Å²) in [5.41, 5.74) is 0. The molecule has 0 amide bonds. The Morgan fingerprint density at radius 2 is 1.60 bits per heavy atom. The van der Waals surface area contributed by atoms with Gasteiger partial charge in [-0.3, -0.25) is 9.36 Å². The number of rotatable bonds is 23. The number of aliphatic hydroxyl groups excluding tert-OH is 1. The first-order chi connectivity index (χ1) is 20.3. The number of ether oxygens (including phenoxy) is 1. The third-order valence-electron chi connectivity index (χ3n) is 4.87. The summed E-state index contributed by atoms with van der Waals surface area (Å²) < 4.78 is 91.0. The molecular formula is C26H50NO7P.